The highest BCUT2D eigenvalue weighted by atomic mass is 32.1. The maximum Gasteiger partial charge on any atom is 0.307 e. The maximum absolute atomic E-state index is 11.5. The number of benzene rings is 1. The first-order valence-electron chi connectivity index (χ1n) is 5.17. The SMILES string of the molecule is Cc1csc(=O)n1Cc1ccc([N+](=O)[O-])c(N)c1. The van der Waals surface area contributed by atoms with Crippen LogP contribution in [0, 0.1) is 17.0 Å². The molecule has 94 valence electrons. The second-order valence-electron chi connectivity index (χ2n) is 3.88. The summed E-state index contributed by atoms with van der Waals surface area (Å²) in [6.07, 6.45) is 0. The first kappa shape index (κ1) is 12.3. The van der Waals surface area contributed by atoms with Gasteiger partial charge in [0.2, 0.25) is 0 Å². The van der Waals surface area contributed by atoms with Crippen molar-refractivity contribution in [2.45, 2.75) is 13.5 Å². The summed E-state index contributed by atoms with van der Waals surface area (Å²) < 4.78 is 1.60. The lowest BCUT2D eigenvalue weighted by Gasteiger charge is -2.05. The summed E-state index contributed by atoms with van der Waals surface area (Å²) >= 11 is 1.13. The predicted molar refractivity (Wildman–Crippen MR) is 69.9 cm³/mol. The van der Waals surface area contributed by atoms with Crippen LogP contribution in [0.25, 0.3) is 0 Å². The van der Waals surface area contributed by atoms with Gasteiger partial charge in [0.1, 0.15) is 5.69 Å². The number of nitrogen functional groups attached to an aromatic ring is 1. The number of aryl methyl sites for hydroxylation is 1. The number of nitrogens with two attached hydrogens (primary N) is 1. The Morgan fingerprint density at radius 3 is 2.72 bits per heavy atom. The van der Waals surface area contributed by atoms with Gasteiger partial charge in [0.25, 0.3) is 5.69 Å². The predicted octanol–water partition coefficient (Wildman–Crippen LogP) is 1.76. The molecule has 0 unspecified atom stereocenters. The lowest BCUT2D eigenvalue weighted by molar-refractivity contribution is -0.383. The van der Waals surface area contributed by atoms with E-state index >= 15 is 0 Å². The first-order chi connectivity index (χ1) is 8.49. The van der Waals surface area contributed by atoms with E-state index in [1.807, 2.05) is 6.92 Å². The van der Waals surface area contributed by atoms with Gasteiger partial charge in [-0.15, -0.1) is 0 Å². The van der Waals surface area contributed by atoms with Gasteiger partial charge in [-0.25, -0.2) is 0 Å². The summed E-state index contributed by atoms with van der Waals surface area (Å²) in [6, 6.07) is 4.50. The fourth-order valence-corrected chi connectivity index (χ4v) is 2.38. The molecule has 0 atom stereocenters. The topological polar surface area (TPSA) is 91.2 Å². The number of anilines is 1. The molecule has 18 heavy (non-hydrogen) atoms. The summed E-state index contributed by atoms with van der Waals surface area (Å²) in [5, 5.41) is 12.4. The summed E-state index contributed by atoms with van der Waals surface area (Å²) in [7, 11) is 0. The van der Waals surface area contributed by atoms with E-state index in [1.165, 1.54) is 12.1 Å². The summed E-state index contributed by atoms with van der Waals surface area (Å²) in [6.45, 7) is 2.21. The molecule has 0 radical (unpaired) electrons. The van der Waals surface area contributed by atoms with Gasteiger partial charge in [-0.05, 0) is 18.6 Å². The smallest absolute Gasteiger partial charge is 0.307 e. The van der Waals surface area contributed by atoms with Crippen LogP contribution in [-0.4, -0.2) is 9.49 Å². The number of hydrogen-bond donors (Lipinski definition) is 1. The largest absolute Gasteiger partial charge is 0.393 e. The molecule has 0 aliphatic carbocycles. The van der Waals surface area contributed by atoms with E-state index in [1.54, 1.807) is 16.0 Å². The van der Waals surface area contributed by atoms with Crippen molar-refractivity contribution < 1.29 is 4.92 Å². The Balaban J connectivity index is 2.34. The number of thiazole rings is 1. The van der Waals surface area contributed by atoms with Crippen molar-refractivity contribution in [1.82, 2.24) is 4.57 Å². The monoisotopic (exact) mass is 265 g/mol. The van der Waals surface area contributed by atoms with Crippen LogP contribution in [0.1, 0.15) is 11.3 Å². The fourth-order valence-electron chi connectivity index (χ4n) is 1.65. The van der Waals surface area contributed by atoms with Gasteiger partial charge >= 0.3 is 4.87 Å². The van der Waals surface area contributed by atoms with Crippen LogP contribution in [0.4, 0.5) is 11.4 Å². The second kappa shape index (κ2) is 4.61. The highest BCUT2D eigenvalue weighted by Crippen LogP contribution is 2.22. The van der Waals surface area contributed by atoms with Gasteiger partial charge in [-0.2, -0.15) is 0 Å². The van der Waals surface area contributed by atoms with E-state index in [9.17, 15) is 14.9 Å². The Morgan fingerprint density at radius 1 is 1.50 bits per heavy atom. The number of hydrogen-bond acceptors (Lipinski definition) is 5. The minimum atomic E-state index is -0.527. The molecule has 6 nitrogen and oxygen atoms in total. The number of nitro groups is 1. The van der Waals surface area contributed by atoms with E-state index in [2.05, 4.69) is 0 Å². The zero-order valence-corrected chi connectivity index (χ0v) is 10.4. The molecule has 0 amide bonds. The molecule has 0 saturated carbocycles. The Kier molecular flexibility index (Phi) is 3.15. The molecule has 1 heterocycles. The summed E-state index contributed by atoms with van der Waals surface area (Å²) in [5.41, 5.74) is 7.22. The highest BCUT2D eigenvalue weighted by molar-refractivity contribution is 7.07. The van der Waals surface area contributed by atoms with E-state index < -0.39 is 4.92 Å². The zero-order valence-electron chi connectivity index (χ0n) is 9.62. The lowest BCUT2D eigenvalue weighted by Crippen LogP contribution is -2.15. The third-order valence-corrected chi connectivity index (χ3v) is 3.49. The molecule has 0 spiro atoms. The van der Waals surface area contributed by atoms with Crippen molar-refractivity contribution in [3.05, 3.63) is 54.6 Å². The number of rotatable bonds is 3. The molecule has 0 saturated heterocycles. The van der Waals surface area contributed by atoms with Crippen molar-refractivity contribution >= 4 is 22.7 Å². The van der Waals surface area contributed by atoms with Crippen molar-refractivity contribution in [2.24, 2.45) is 0 Å². The van der Waals surface area contributed by atoms with E-state index in [0.717, 1.165) is 22.6 Å². The normalized spacial score (nSPS) is 10.5. The van der Waals surface area contributed by atoms with Crippen molar-refractivity contribution in [3.63, 3.8) is 0 Å². The number of aromatic nitrogens is 1. The van der Waals surface area contributed by atoms with Gasteiger partial charge in [0, 0.05) is 17.1 Å². The van der Waals surface area contributed by atoms with Crippen molar-refractivity contribution in [2.75, 3.05) is 5.73 Å². The molecule has 0 bridgehead atoms. The van der Waals surface area contributed by atoms with E-state index in [4.69, 9.17) is 5.73 Å². The van der Waals surface area contributed by atoms with Crippen LogP contribution < -0.4 is 10.6 Å². The Bertz CT molecular complexity index is 660. The van der Waals surface area contributed by atoms with Gasteiger partial charge in [0.15, 0.2) is 0 Å². The van der Waals surface area contributed by atoms with E-state index in [0.29, 0.717) is 6.54 Å². The van der Waals surface area contributed by atoms with Crippen LogP contribution in [0.2, 0.25) is 0 Å². The first-order valence-corrected chi connectivity index (χ1v) is 6.04. The third-order valence-electron chi connectivity index (χ3n) is 2.61. The third kappa shape index (κ3) is 2.25. The molecule has 2 N–H and O–H groups in total. The molecule has 1 aromatic carbocycles. The van der Waals surface area contributed by atoms with Crippen molar-refractivity contribution in [3.8, 4) is 0 Å². The van der Waals surface area contributed by atoms with Crippen LogP contribution in [-0.2, 0) is 6.54 Å². The molecule has 2 rings (SSSR count). The van der Waals surface area contributed by atoms with Gasteiger partial charge < -0.3 is 5.73 Å². The molecule has 0 fully saturated rings. The quantitative estimate of drug-likeness (QED) is 0.520. The molecule has 1 aromatic heterocycles. The molecule has 2 aromatic rings. The second-order valence-corrected chi connectivity index (χ2v) is 4.70. The van der Waals surface area contributed by atoms with Crippen LogP contribution in [0.15, 0.2) is 28.4 Å². The average Bonchev–Trinajstić information content (AvgIpc) is 2.60. The van der Waals surface area contributed by atoms with Gasteiger partial charge in [0.05, 0.1) is 11.5 Å². The standard InChI is InChI=1S/C11H11N3O3S/c1-7-6-18-11(15)13(7)5-8-2-3-10(14(16)17)9(12)4-8/h2-4,6H,5,12H2,1H3. The van der Waals surface area contributed by atoms with E-state index in [-0.39, 0.29) is 16.2 Å². The highest BCUT2D eigenvalue weighted by Gasteiger charge is 2.12. The summed E-state index contributed by atoms with van der Waals surface area (Å²) in [4.78, 5) is 21.6. The zero-order chi connectivity index (χ0) is 13.3. The summed E-state index contributed by atoms with van der Waals surface area (Å²) in [5.74, 6) is 0. The van der Waals surface area contributed by atoms with Gasteiger partial charge in [-0.3, -0.25) is 19.5 Å². The fraction of sp³-hybridized carbons (Fsp3) is 0.182. The van der Waals surface area contributed by atoms with Crippen LogP contribution in [0.3, 0.4) is 0 Å². The van der Waals surface area contributed by atoms with Crippen molar-refractivity contribution in [1.29, 1.82) is 0 Å². The Morgan fingerprint density at radius 2 is 2.22 bits per heavy atom. The van der Waals surface area contributed by atoms with Crippen LogP contribution in [0.5, 0.6) is 0 Å². The van der Waals surface area contributed by atoms with Gasteiger partial charge in [-0.1, -0.05) is 17.4 Å². The Labute approximate surface area is 106 Å². The minimum absolute atomic E-state index is 0.0515. The molecule has 0 aliphatic heterocycles. The maximum atomic E-state index is 11.5. The Hall–Kier alpha value is -2.15. The molecular weight excluding hydrogens is 254 g/mol. The molecule has 0 aliphatic rings. The lowest BCUT2D eigenvalue weighted by atomic mass is 10.1. The average molecular weight is 265 g/mol. The van der Waals surface area contributed by atoms with Crippen LogP contribution >= 0.6 is 11.3 Å². The molecule has 7 heteroatoms. The minimum Gasteiger partial charge on any atom is -0.393 e. The molecular formula is C11H11N3O3S. The number of nitro benzene ring substituents is 1. The number of nitrogens with zero attached hydrogens (tertiary/aromatic N) is 2.